The van der Waals surface area contributed by atoms with E-state index in [9.17, 15) is 9.59 Å². The van der Waals surface area contributed by atoms with Crippen LogP contribution in [0.1, 0.15) is 32.6 Å². The van der Waals surface area contributed by atoms with Gasteiger partial charge in [-0.3, -0.25) is 9.36 Å². The van der Waals surface area contributed by atoms with Crippen LogP contribution in [0.25, 0.3) is 0 Å². The minimum Gasteiger partial charge on any atom is -0.408 e. The highest BCUT2D eigenvalue weighted by Gasteiger charge is 2.51. The quantitative estimate of drug-likeness (QED) is 0.246. The summed E-state index contributed by atoms with van der Waals surface area (Å²) in [7, 11) is -0.526. The van der Waals surface area contributed by atoms with Gasteiger partial charge in [-0.15, -0.1) is 0 Å². The van der Waals surface area contributed by atoms with Crippen molar-refractivity contribution >= 4 is 30.9 Å². The van der Waals surface area contributed by atoms with E-state index in [1.807, 2.05) is 30.3 Å². The largest absolute Gasteiger partial charge is 0.408 e. The lowest BCUT2D eigenvalue weighted by atomic mass is 10.1. The maximum atomic E-state index is 13.3. The third-order valence-corrected chi connectivity index (χ3v) is 12.0. The monoisotopic (exact) mass is 602 g/mol. The molecule has 1 aromatic heterocycles. The van der Waals surface area contributed by atoms with Gasteiger partial charge in [-0.25, -0.2) is 9.36 Å². The highest BCUT2D eigenvalue weighted by molar-refractivity contribution is 14.1. The molecule has 188 valence electrons. The molecule has 1 aliphatic heterocycles. The Balaban J connectivity index is 1.86. The lowest BCUT2D eigenvalue weighted by molar-refractivity contribution is -0.0521. The van der Waals surface area contributed by atoms with Crippen molar-refractivity contribution in [2.75, 3.05) is 11.5 Å². The number of nitrogens with zero attached hydrogens (tertiary/aromatic N) is 2. The summed E-state index contributed by atoms with van der Waals surface area (Å²) in [5, 5.41) is 0.0133. The summed E-state index contributed by atoms with van der Waals surface area (Å²) in [6.07, 6.45) is -0.315. The molecule has 0 unspecified atom stereocenters. The van der Waals surface area contributed by atoms with Crippen molar-refractivity contribution in [3.05, 3.63) is 69.0 Å². The molecular weight excluding hydrogens is 567 g/mol. The van der Waals surface area contributed by atoms with Crippen molar-refractivity contribution in [2.45, 2.75) is 76.8 Å². The summed E-state index contributed by atoms with van der Waals surface area (Å²) >= 11 is 2.27. The number of hydrogen-bond donors (Lipinski definition) is 0. The molecule has 0 saturated carbocycles. The lowest BCUT2D eigenvalue weighted by Gasteiger charge is -2.40. The van der Waals surface area contributed by atoms with Gasteiger partial charge in [0.1, 0.15) is 18.9 Å². The van der Waals surface area contributed by atoms with Crippen LogP contribution in [0.2, 0.25) is 18.1 Å². The van der Waals surface area contributed by atoms with Gasteiger partial charge in [-0.05, 0) is 23.7 Å². The Morgan fingerprint density at radius 2 is 1.76 bits per heavy atom. The summed E-state index contributed by atoms with van der Waals surface area (Å²) in [5.41, 5.74) is 0.0227. The van der Waals surface area contributed by atoms with Crippen LogP contribution in [0.15, 0.2) is 52.2 Å². The topological polar surface area (TPSA) is 80.9 Å². The molecule has 0 aliphatic carbocycles. The van der Waals surface area contributed by atoms with Crippen molar-refractivity contribution < 1.29 is 18.6 Å². The molecule has 0 bridgehead atoms. The van der Waals surface area contributed by atoms with E-state index in [-0.39, 0.29) is 24.0 Å². The number of rotatable bonds is 9. The fourth-order valence-electron chi connectivity index (χ4n) is 3.64. The average molecular weight is 603 g/mol. The van der Waals surface area contributed by atoms with Gasteiger partial charge in [0, 0.05) is 23.8 Å². The number of halogens is 1. The van der Waals surface area contributed by atoms with Crippen LogP contribution in [0.3, 0.4) is 0 Å². The van der Waals surface area contributed by atoms with E-state index in [2.05, 4.69) is 56.5 Å². The fraction of sp³-hybridized carbons (Fsp3) is 0.583. The molecule has 0 radical (unpaired) electrons. The van der Waals surface area contributed by atoms with Gasteiger partial charge in [0.2, 0.25) is 0 Å². The number of benzene rings is 1. The number of aromatic nitrogens is 2. The van der Waals surface area contributed by atoms with Crippen LogP contribution < -0.4 is 11.2 Å². The van der Waals surface area contributed by atoms with Crippen LogP contribution in [-0.2, 0) is 32.0 Å². The molecule has 0 N–H and O–H groups in total. The Kier molecular flexibility index (Phi) is 8.96. The molecule has 1 aliphatic rings. The first-order valence-electron chi connectivity index (χ1n) is 11.4. The second-order valence-corrected chi connectivity index (χ2v) is 15.6. The van der Waals surface area contributed by atoms with E-state index in [4.69, 9.17) is 18.6 Å². The average Bonchev–Trinajstić information content (AvgIpc) is 3.12. The normalized spacial score (nSPS) is 23.4. The van der Waals surface area contributed by atoms with Crippen LogP contribution in [0, 0.1) is 0 Å². The third-order valence-electron chi connectivity index (χ3n) is 6.65. The molecule has 1 fully saturated rings. The molecule has 8 nitrogen and oxygen atoms in total. The minimum atomic E-state index is -2.13. The zero-order valence-electron chi connectivity index (χ0n) is 20.7. The SMILES string of the molecule is CO[C@@H]1[C@H](O[Si](C)(C)C(C)(C)C)[C@@H](CI)O[C@H]1n1ccc(=O)n(COCc2ccccc2)c1=O. The van der Waals surface area contributed by atoms with Gasteiger partial charge in [-0.2, -0.15) is 0 Å². The molecule has 0 spiro atoms. The van der Waals surface area contributed by atoms with Crippen LogP contribution >= 0.6 is 22.6 Å². The number of methoxy groups -OCH3 is 1. The molecule has 3 rings (SSSR count). The molecule has 0 amide bonds. The Bertz CT molecular complexity index is 1070. The Labute approximate surface area is 215 Å². The summed E-state index contributed by atoms with van der Waals surface area (Å²) in [5.74, 6) is 0. The first-order valence-corrected chi connectivity index (χ1v) is 15.8. The first-order chi connectivity index (χ1) is 16.0. The zero-order valence-corrected chi connectivity index (χ0v) is 23.9. The Morgan fingerprint density at radius 3 is 2.35 bits per heavy atom. The molecule has 1 saturated heterocycles. The van der Waals surface area contributed by atoms with Crippen molar-refractivity contribution in [2.24, 2.45) is 0 Å². The van der Waals surface area contributed by atoms with Gasteiger partial charge in [0.15, 0.2) is 14.5 Å². The number of hydrogen-bond acceptors (Lipinski definition) is 6. The third kappa shape index (κ3) is 5.90. The standard InChI is InChI=1S/C24H35IN2O6Si/c1-24(2,3)34(5,6)33-20-18(14-25)32-22(21(20)30-4)26-13-12-19(28)27(23(26)29)16-31-15-17-10-8-7-9-11-17/h7-13,18,20-22H,14-16H2,1-6H3/t18-,20-,21-,22-/m1/s1. The Morgan fingerprint density at radius 1 is 1.09 bits per heavy atom. The van der Waals surface area contributed by atoms with Gasteiger partial charge in [0.05, 0.1) is 12.7 Å². The summed E-state index contributed by atoms with van der Waals surface area (Å²) in [6, 6.07) is 10.9. The van der Waals surface area contributed by atoms with Gasteiger partial charge >= 0.3 is 5.69 Å². The summed E-state index contributed by atoms with van der Waals surface area (Å²) in [6.45, 7) is 11.1. The highest BCUT2D eigenvalue weighted by Crippen LogP contribution is 2.42. The van der Waals surface area contributed by atoms with Gasteiger partial charge in [0.25, 0.3) is 5.56 Å². The second kappa shape index (κ2) is 11.2. The van der Waals surface area contributed by atoms with E-state index in [0.29, 0.717) is 11.0 Å². The molecule has 1 aromatic carbocycles. The molecule has 2 heterocycles. The van der Waals surface area contributed by atoms with Crippen LogP contribution in [0.4, 0.5) is 0 Å². The first kappa shape index (κ1) is 27.3. The predicted molar refractivity (Wildman–Crippen MR) is 142 cm³/mol. The van der Waals surface area contributed by atoms with E-state index in [1.165, 1.54) is 16.8 Å². The minimum absolute atomic E-state index is 0.0133. The second-order valence-electron chi connectivity index (χ2n) is 10.00. The van der Waals surface area contributed by atoms with Crippen LogP contribution in [-0.4, -0.2) is 47.3 Å². The molecular formula is C24H35IN2O6Si. The van der Waals surface area contributed by atoms with Gasteiger partial charge < -0.3 is 18.6 Å². The van der Waals surface area contributed by atoms with Crippen molar-refractivity contribution in [1.82, 2.24) is 9.13 Å². The summed E-state index contributed by atoms with van der Waals surface area (Å²) in [4.78, 5) is 25.8. The van der Waals surface area contributed by atoms with E-state index in [1.54, 1.807) is 7.11 Å². The van der Waals surface area contributed by atoms with Crippen molar-refractivity contribution in [3.8, 4) is 0 Å². The van der Waals surface area contributed by atoms with E-state index < -0.39 is 31.9 Å². The van der Waals surface area contributed by atoms with Gasteiger partial charge in [-0.1, -0.05) is 73.7 Å². The zero-order chi connectivity index (χ0) is 25.1. The molecule has 10 heteroatoms. The Hall–Kier alpha value is -1.31. The molecule has 2 aromatic rings. The number of alkyl halides is 1. The smallest absolute Gasteiger partial charge is 0.335 e. The highest BCUT2D eigenvalue weighted by atomic mass is 127. The van der Waals surface area contributed by atoms with Crippen molar-refractivity contribution in [1.29, 1.82) is 0 Å². The maximum absolute atomic E-state index is 13.3. The maximum Gasteiger partial charge on any atom is 0.335 e. The fourth-order valence-corrected chi connectivity index (χ4v) is 5.67. The van der Waals surface area contributed by atoms with Crippen molar-refractivity contribution in [3.63, 3.8) is 0 Å². The summed E-state index contributed by atoms with van der Waals surface area (Å²) < 4.78 is 27.7. The molecule has 4 atom stereocenters. The van der Waals surface area contributed by atoms with Crippen LogP contribution in [0.5, 0.6) is 0 Å². The number of ether oxygens (including phenoxy) is 3. The van der Waals surface area contributed by atoms with E-state index >= 15 is 0 Å². The molecule has 34 heavy (non-hydrogen) atoms. The predicted octanol–water partition coefficient (Wildman–Crippen LogP) is 3.92. The lowest BCUT2D eigenvalue weighted by Crippen LogP contribution is -2.50. The van der Waals surface area contributed by atoms with E-state index in [0.717, 1.165) is 10.1 Å².